The van der Waals surface area contributed by atoms with Crippen LogP contribution in [0.1, 0.15) is 18.7 Å². The highest BCUT2D eigenvalue weighted by molar-refractivity contribution is 7.09. The first-order valence-electron chi connectivity index (χ1n) is 8.73. The van der Waals surface area contributed by atoms with E-state index in [9.17, 15) is 9.59 Å². The van der Waals surface area contributed by atoms with Gasteiger partial charge in [0.1, 0.15) is 0 Å². The maximum Gasteiger partial charge on any atom is 0.255 e. The van der Waals surface area contributed by atoms with Crippen LogP contribution >= 0.6 is 11.3 Å². The fourth-order valence-electron chi connectivity index (χ4n) is 2.77. The van der Waals surface area contributed by atoms with Gasteiger partial charge in [0.25, 0.3) is 11.8 Å². The molecule has 1 aromatic rings. The molecular formula is C18H28N2O6S. The molecule has 2 atom stereocenters. The van der Waals surface area contributed by atoms with Gasteiger partial charge in [0.15, 0.2) is 24.3 Å². The molecule has 1 N–H and O–H groups in total. The molecule has 0 radical (unpaired) electrons. The zero-order valence-corrected chi connectivity index (χ0v) is 17.2. The van der Waals surface area contributed by atoms with E-state index < -0.39 is 24.3 Å². The van der Waals surface area contributed by atoms with E-state index in [0.717, 1.165) is 6.42 Å². The van der Waals surface area contributed by atoms with Gasteiger partial charge in [-0.25, -0.2) is 0 Å². The van der Waals surface area contributed by atoms with Crippen molar-refractivity contribution in [3.05, 3.63) is 22.4 Å². The van der Waals surface area contributed by atoms with E-state index in [1.165, 1.54) is 24.0 Å². The maximum absolute atomic E-state index is 12.8. The third kappa shape index (κ3) is 5.98. The van der Waals surface area contributed by atoms with Gasteiger partial charge in [-0.15, -0.1) is 11.3 Å². The Hall–Kier alpha value is -1.52. The number of amides is 2. The van der Waals surface area contributed by atoms with Crippen LogP contribution in [0.3, 0.4) is 0 Å². The first-order chi connectivity index (χ1) is 12.8. The molecule has 0 spiro atoms. The number of likely N-dealkylation sites (N-methyl/N-ethyl adjacent to an activating group) is 1. The average molecular weight is 400 g/mol. The molecule has 1 aliphatic heterocycles. The predicted molar refractivity (Wildman–Crippen MR) is 100 cm³/mol. The smallest absolute Gasteiger partial charge is 0.255 e. The Balaban J connectivity index is 1.97. The number of carbonyl (C=O) groups is 2. The first-order valence-corrected chi connectivity index (χ1v) is 9.61. The van der Waals surface area contributed by atoms with Crippen molar-refractivity contribution in [1.29, 1.82) is 0 Å². The number of rotatable bonds is 9. The molecular weight excluding hydrogens is 372 g/mol. The molecule has 0 unspecified atom stereocenters. The van der Waals surface area contributed by atoms with Gasteiger partial charge in [0, 0.05) is 32.7 Å². The van der Waals surface area contributed by atoms with E-state index >= 15 is 0 Å². The Kier molecular flexibility index (Phi) is 7.75. The van der Waals surface area contributed by atoms with Gasteiger partial charge < -0.3 is 29.2 Å². The van der Waals surface area contributed by atoms with Crippen molar-refractivity contribution in [2.45, 2.75) is 44.6 Å². The molecule has 9 heteroatoms. The molecule has 152 valence electrons. The third-order valence-corrected chi connectivity index (χ3v) is 5.11. The zero-order valence-electron chi connectivity index (χ0n) is 16.4. The summed E-state index contributed by atoms with van der Waals surface area (Å²) >= 11 is 1.63. The largest absolute Gasteiger partial charge is 0.354 e. The molecule has 1 aliphatic rings. The van der Waals surface area contributed by atoms with E-state index in [1.807, 2.05) is 17.5 Å². The predicted octanol–water partition coefficient (Wildman–Crippen LogP) is 1.00. The molecule has 2 rings (SSSR count). The number of methoxy groups -OCH3 is 2. The second kappa shape index (κ2) is 9.61. The molecule has 2 amide bonds. The summed E-state index contributed by atoms with van der Waals surface area (Å²) in [4.78, 5) is 28.0. The zero-order chi connectivity index (χ0) is 20.0. The summed E-state index contributed by atoms with van der Waals surface area (Å²) in [5, 5.41) is 4.82. The van der Waals surface area contributed by atoms with Crippen LogP contribution in [-0.4, -0.2) is 75.4 Å². The standard InChI is InChI=1S/C18H28N2O6S/c1-18(2)25-14(16(21)19-9-8-12-7-6-10-27-12)15(26-18)17(22)20(3)11-13(23-4)24-5/h6-7,10,13-15H,8-9,11H2,1-5H3,(H,19,21)/t14-,15-/m1/s1. The molecule has 1 fully saturated rings. The number of hydrogen-bond acceptors (Lipinski definition) is 7. The van der Waals surface area contributed by atoms with Crippen LogP contribution in [0.25, 0.3) is 0 Å². The van der Waals surface area contributed by atoms with E-state index in [1.54, 1.807) is 32.2 Å². The van der Waals surface area contributed by atoms with Gasteiger partial charge in [-0.3, -0.25) is 9.59 Å². The lowest BCUT2D eigenvalue weighted by molar-refractivity contribution is -0.166. The van der Waals surface area contributed by atoms with Gasteiger partial charge in [0.2, 0.25) is 0 Å². The van der Waals surface area contributed by atoms with Gasteiger partial charge in [-0.1, -0.05) is 6.07 Å². The lowest BCUT2D eigenvalue weighted by atomic mass is 10.1. The molecule has 27 heavy (non-hydrogen) atoms. The minimum atomic E-state index is -1.03. The monoisotopic (exact) mass is 400 g/mol. The number of carbonyl (C=O) groups excluding carboxylic acids is 2. The lowest BCUT2D eigenvalue weighted by Crippen LogP contribution is -2.50. The SMILES string of the molecule is COC(CN(C)C(=O)[C@@H]1OC(C)(C)O[C@H]1C(=O)NCCc1cccs1)OC. The van der Waals surface area contributed by atoms with E-state index in [-0.39, 0.29) is 18.4 Å². The minimum Gasteiger partial charge on any atom is -0.354 e. The summed E-state index contributed by atoms with van der Waals surface area (Å²) in [6.07, 6.45) is -1.88. The van der Waals surface area contributed by atoms with Crippen LogP contribution in [0.4, 0.5) is 0 Å². The Labute approximate surface area is 163 Å². The van der Waals surface area contributed by atoms with E-state index in [2.05, 4.69) is 5.32 Å². The molecule has 2 heterocycles. The highest BCUT2D eigenvalue weighted by atomic mass is 32.1. The van der Waals surface area contributed by atoms with Crippen LogP contribution in [0, 0.1) is 0 Å². The molecule has 1 saturated heterocycles. The summed E-state index contributed by atoms with van der Waals surface area (Å²) in [5.41, 5.74) is 0. The lowest BCUT2D eigenvalue weighted by Gasteiger charge is -2.25. The second-order valence-electron chi connectivity index (χ2n) is 6.72. The highest BCUT2D eigenvalue weighted by Crippen LogP contribution is 2.29. The number of hydrogen-bond donors (Lipinski definition) is 1. The van der Waals surface area contributed by atoms with E-state index in [4.69, 9.17) is 18.9 Å². The Morgan fingerprint density at radius 2 is 1.96 bits per heavy atom. The number of thiophene rings is 1. The topological polar surface area (TPSA) is 86.3 Å². The van der Waals surface area contributed by atoms with Crippen molar-refractivity contribution in [2.24, 2.45) is 0 Å². The van der Waals surface area contributed by atoms with Crippen LogP contribution in [0.2, 0.25) is 0 Å². The van der Waals surface area contributed by atoms with Crippen LogP contribution in [0.5, 0.6) is 0 Å². The molecule has 0 aliphatic carbocycles. The summed E-state index contributed by atoms with van der Waals surface area (Å²) in [7, 11) is 4.59. The summed E-state index contributed by atoms with van der Waals surface area (Å²) in [6, 6.07) is 3.98. The summed E-state index contributed by atoms with van der Waals surface area (Å²) in [6.45, 7) is 4.03. The van der Waals surface area contributed by atoms with Gasteiger partial charge in [-0.2, -0.15) is 0 Å². The fraction of sp³-hybridized carbons (Fsp3) is 0.667. The molecule has 0 aromatic carbocycles. The van der Waals surface area contributed by atoms with Gasteiger partial charge in [-0.05, 0) is 31.7 Å². The normalized spacial score (nSPS) is 21.4. The van der Waals surface area contributed by atoms with Crippen molar-refractivity contribution in [3.8, 4) is 0 Å². The minimum absolute atomic E-state index is 0.207. The molecule has 0 saturated carbocycles. The quantitative estimate of drug-likeness (QED) is 0.623. The third-order valence-electron chi connectivity index (χ3n) is 4.17. The Morgan fingerprint density at radius 3 is 2.56 bits per heavy atom. The highest BCUT2D eigenvalue weighted by Gasteiger charge is 2.49. The molecule has 8 nitrogen and oxygen atoms in total. The van der Waals surface area contributed by atoms with Crippen molar-refractivity contribution < 1.29 is 28.5 Å². The maximum atomic E-state index is 12.8. The number of nitrogens with zero attached hydrogens (tertiary/aromatic N) is 1. The summed E-state index contributed by atoms with van der Waals surface area (Å²) in [5.74, 6) is -1.75. The van der Waals surface area contributed by atoms with Crippen molar-refractivity contribution in [1.82, 2.24) is 10.2 Å². The Morgan fingerprint density at radius 1 is 1.30 bits per heavy atom. The van der Waals surface area contributed by atoms with Crippen LogP contribution in [-0.2, 0) is 35.0 Å². The second-order valence-corrected chi connectivity index (χ2v) is 7.75. The van der Waals surface area contributed by atoms with Crippen molar-refractivity contribution in [2.75, 3.05) is 34.4 Å². The number of nitrogens with one attached hydrogen (secondary N) is 1. The van der Waals surface area contributed by atoms with Crippen LogP contribution in [0.15, 0.2) is 17.5 Å². The first kappa shape index (κ1) is 21.8. The van der Waals surface area contributed by atoms with Crippen molar-refractivity contribution >= 4 is 23.2 Å². The number of ether oxygens (including phenoxy) is 4. The molecule has 1 aromatic heterocycles. The average Bonchev–Trinajstić information content (AvgIpc) is 3.25. The Bertz CT molecular complexity index is 617. The van der Waals surface area contributed by atoms with Crippen LogP contribution < -0.4 is 5.32 Å². The van der Waals surface area contributed by atoms with Gasteiger partial charge >= 0.3 is 0 Å². The van der Waals surface area contributed by atoms with Crippen molar-refractivity contribution in [3.63, 3.8) is 0 Å². The van der Waals surface area contributed by atoms with E-state index in [0.29, 0.717) is 6.54 Å². The van der Waals surface area contributed by atoms with Gasteiger partial charge in [0.05, 0.1) is 6.54 Å². The molecule has 0 bridgehead atoms. The summed E-state index contributed by atoms with van der Waals surface area (Å²) < 4.78 is 21.7. The fourth-order valence-corrected chi connectivity index (χ4v) is 3.48.